The van der Waals surface area contributed by atoms with Gasteiger partial charge in [0.25, 0.3) is 5.69 Å². The van der Waals surface area contributed by atoms with Crippen LogP contribution in [0.3, 0.4) is 0 Å². The molecule has 10 aromatic rings. The Morgan fingerprint density at radius 1 is 0.352 bits per heavy atom. The van der Waals surface area contributed by atoms with Gasteiger partial charge in [-0.1, -0.05) is 305 Å². The van der Waals surface area contributed by atoms with Gasteiger partial charge in [-0.2, -0.15) is 0 Å². The van der Waals surface area contributed by atoms with Crippen LogP contribution < -0.4 is 40.5 Å². The van der Waals surface area contributed by atoms with E-state index in [0.717, 1.165) is 146 Å². The first-order valence-electron chi connectivity index (χ1n) is 49.1. The van der Waals surface area contributed by atoms with Crippen LogP contribution in [0.2, 0.25) is 0 Å². The van der Waals surface area contributed by atoms with Crippen molar-refractivity contribution in [2.24, 2.45) is 29.1 Å². The maximum absolute atomic E-state index is 11.1. The van der Waals surface area contributed by atoms with Crippen LogP contribution in [0.5, 0.6) is 5.75 Å². The normalized spacial score (nSPS) is 15.1. The molecule has 0 aromatic heterocycles. The molecule has 794 valence electrons. The molecular formula is C120H165NO17S7. The minimum Gasteiger partial charge on any atom is -0.550 e. The Balaban J connectivity index is 0.000000784. The third kappa shape index (κ3) is 59.1. The van der Waals surface area contributed by atoms with Gasteiger partial charge in [0, 0.05) is 66.2 Å². The number of hydrogen-bond acceptors (Lipinski definition) is 17. The van der Waals surface area contributed by atoms with E-state index in [4.69, 9.17) is 14.6 Å². The van der Waals surface area contributed by atoms with Crippen LogP contribution in [0.4, 0.5) is 5.69 Å². The number of nitro benzene ring substituents is 1. The number of aryl methyl sites for hydroxylation is 1. The Hall–Kier alpha value is -9.86. The van der Waals surface area contributed by atoms with Crippen molar-refractivity contribution in [3.8, 4) is 5.75 Å². The summed E-state index contributed by atoms with van der Waals surface area (Å²) in [6.45, 7) is 51.5. The van der Waals surface area contributed by atoms with Crippen LogP contribution in [-0.4, -0.2) is 53.8 Å². The number of nitro groups is 1. The molecule has 4 bridgehead atoms. The molecule has 0 N–H and O–H groups in total. The summed E-state index contributed by atoms with van der Waals surface area (Å²) in [6.07, 6.45) is 13.5. The predicted molar refractivity (Wildman–Crippen MR) is 606 cm³/mol. The number of carbonyl (C=O) groups excluding carboxylic acids is 7. The molecule has 0 saturated heterocycles. The van der Waals surface area contributed by atoms with Gasteiger partial charge in [0.05, 0.1) is 18.0 Å². The van der Waals surface area contributed by atoms with Crippen molar-refractivity contribution in [2.45, 2.75) is 341 Å². The highest BCUT2D eigenvalue weighted by Crippen LogP contribution is 2.60. The topological polar surface area (TPSA) is 333 Å². The van der Waals surface area contributed by atoms with Crippen molar-refractivity contribution in [1.82, 2.24) is 0 Å². The van der Waals surface area contributed by atoms with E-state index in [1.54, 1.807) is 43.5 Å². The van der Waals surface area contributed by atoms with E-state index in [9.17, 15) is 69.5 Å². The van der Waals surface area contributed by atoms with E-state index >= 15 is 0 Å². The lowest BCUT2D eigenvalue weighted by atomic mass is 9.49. The second kappa shape index (κ2) is 65.1. The Morgan fingerprint density at radius 3 is 0.752 bits per heavy atom. The highest BCUT2D eigenvalue weighted by molar-refractivity contribution is 7.59. The SMILES string of the molecule is CC(=O)[O-].CC(C)(C)c1ccc([SH2+])cc1.CC(C)(C)c1ccc([SH2+])cc1.CC(C)(C)c1ccc([SH2+])cc1.CC(C)(C)c1ccc([SH2+])cc1.CC(C)(C)c1ccc([SH2+])cc1.CC(C)(C)c1ccc([SH2+])cc1.CC(C)(C)c1ccc([SH2+])cc1.CCCCC(=O)[O-].COc1ccc(CC(=O)[O-])cc1.Cc1ccc(CC(=O)[O-])cc1.O=C([O-])C12CC3CC(CC(C3)C1)C2.O=C([O-])C1CCCCC1.O=C([O-])c1ccc([N+](=O)[O-])cc1. The second-order valence-corrected chi connectivity index (χ2v) is 48.0. The third-order valence-electron chi connectivity index (χ3n) is 23.7. The van der Waals surface area contributed by atoms with Gasteiger partial charge in [0.2, 0.25) is 0 Å². The number of aromatic carboxylic acids is 1. The van der Waals surface area contributed by atoms with Crippen molar-refractivity contribution in [3.05, 3.63) is 314 Å². The van der Waals surface area contributed by atoms with Crippen molar-refractivity contribution in [2.75, 3.05) is 7.11 Å². The van der Waals surface area contributed by atoms with Crippen LogP contribution in [0.1, 0.15) is 315 Å². The van der Waals surface area contributed by atoms with Gasteiger partial charge >= 0.3 is 0 Å². The molecule has 0 aliphatic heterocycles. The minimum absolute atomic E-state index is 0.000278. The number of methoxy groups -OCH3 is 1. The van der Waals surface area contributed by atoms with Gasteiger partial charge in [0.15, 0.2) is 0 Å². The van der Waals surface area contributed by atoms with E-state index in [2.05, 4.69) is 404 Å². The largest absolute Gasteiger partial charge is 0.550 e. The molecule has 0 radical (unpaired) electrons. The number of aliphatic carboxylic acids is 6. The lowest BCUT2D eigenvalue weighted by Gasteiger charge is -2.57. The number of carboxylic acid groups (broad SMARTS) is 7. The number of non-ortho nitro benzene ring substituents is 1. The molecule has 15 rings (SSSR count). The first kappa shape index (κ1) is 133. The average Bonchev–Trinajstić information content (AvgIpc) is 0.742. The number of benzene rings is 10. The zero-order valence-corrected chi connectivity index (χ0v) is 97.1. The van der Waals surface area contributed by atoms with E-state index in [0.29, 0.717) is 17.8 Å². The minimum atomic E-state index is -1.34. The Morgan fingerprint density at radius 2 is 0.586 bits per heavy atom. The highest BCUT2D eigenvalue weighted by Gasteiger charge is 2.51. The fourth-order valence-electron chi connectivity index (χ4n) is 15.3. The quantitative estimate of drug-likeness (QED) is 0.0623. The molecular weight excluding hydrogens is 1950 g/mol. The van der Waals surface area contributed by atoms with Gasteiger partial charge in [-0.15, -0.1) is 0 Å². The standard InChI is InChI=1S/C11H16O2.7C10H14S.C9H10O3.C9H10O2.C7H5NO4.C7H12O2.C5H10O2.C2H4O2/c12-10(13)11-4-7-1-8(5-11)3-9(2-7)6-11;7*1-10(2,3)8-4-6-9(11)7-5-8;1-12-8-4-2-7(3-5-8)6-9(10)11;1-7-2-4-8(5-3-7)6-9(10)11;9-7(10)5-1-3-6(4-2-5)8(11)12;8-7(9)6-4-2-1-3-5-6;1-2-3-4-5(6)7;1-2(3)4/h7-9H,1-6H2,(H,12,13);7*4-7,11H,1-3H3;2-5H,6H2,1H3,(H,10,11);2-5H,6H2,1H3,(H,10,11);1-4H,(H,9,10);6H,1-5H2,(H,8,9);2-4H2,1H3,(H,6,7);1H3,(H,3,4). The molecule has 10 aromatic carbocycles. The maximum Gasteiger partial charge on any atom is 0.269 e. The number of rotatable bonds is 12. The van der Waals surface area contributed by atoms with Crippen molar-refractivity contribution in [1.29, 1.82) is 0 Å². The second-order valence-electron chi connectivity index (χ2n) is 43.9. The average molecular weight is 2120 g/mol. The summed E-state index contributed by atoms with van der Waals surface area (Å²) >= 11 is 24.2. The van der Waals surface area contributed by atoms with Crippen LogP contribution >= 0.6 is 0 Å². The molecule has 18 nitrogen and oxygen atoms in total. The zero-order chi connectivity index (χ0) is 111. The number of unbranched alkanes of at least 4 members (excludes halogenated alkanes) is 1. The first-order chi connectivity index (χ1) is 67.0. The number of hydrogen-bond donors (Lipinski definition) is 0. The fourth-order valence-corrected chi connectivity index (χ4v) is 16.5. The van der Waals surface area contributed by atoms with Crippen LogP contribution in [-0.2, 0) is 168 Å². The van der Waals surface area contributed by atoms with Crippen LogP contribution in [0, 0.1) is 46.1 Å². The molecule has 5 fully saturated rings. The summed E-state index contributed by atoms with van der Waals surface area (Å²) in [5, 5.41) is 80.6. The van der Waals surface area contributed by atoms with Crippen LogP contribution in [0.15, 0.2) is 277 Å². The third-order valence-corrected chi connectivity index (χ3v) is 26.0. The summed E-state index contributed by atoms with van der Waals surface area (Å²) in [5.74, 6) is -4.37. The highest BCUT2D eigenvalue weighted by atomic mass is 32.1. The molecule has 5 aliphatic carbocycles. The van der Waals surface area contributed by atoms with Gasteiger partial charge in [-0.25, -0.2) is 0 Å². The predicted octanol–water partition coefficient (Wildman–Crippen LogP) is 16.7. The van der Waals surface area contributed by atoms with Crippen molar-refractivity contribution >= 4 is 136 Å². The number of carboxylic acids is 7. The van der Waals surface area contributed by atoms with Gasteiger partial charge in [0.1, 0.15) is 40.0 Å². The van der Waals surface area contributed by atoms with E-state index in [1.807, 2.05) is 26.0 Å². The Kier molecular flexibility index (Phi) is 59.8. The smallest absolute Gasteiger partial charge is 0.269 e. The van der Waals surface area contributed by atoms with Gasteiger partial charge in [-0.05, 0) is 393 Å². The summed E-state index contributed by atoms with van der Waals surface area (Å²) < 4.78 is 4.91. The molecule has 0 atom stereocenters. The van der Waals surface area contributed by atoms with Crippen LogP contribution in [0.25, 0.3) is 0 Å². The Bertz CT molecular complexity index is 4830. The number of nitrogens with zero attached hydrogens (tertiary/aromatic N) is 1. The summed E-state index contributed by atoms with van der Waals surface area (Å²) in [7, 11) is 1.56. The van der Waals surface area contributed by atoms with Crippen molar-refractivity contribution in [3.63, 3.8) is 0 Å². The first-order valence-corrected chi connectivity index (χ1v) is 52.6. The molecule has 5 aliphatic rings. The summed E-state index contributed by atoms with van der Waals surface area (Å²) in [4.78, 5) is 87.9. The van der Waals surface area contributed by atoms with E-state index < -0.39 is 52.1 Å². The number of ether oxygens (including phenoxy) is 1. The molecule has 0 amide bonds. The van der Waals surface area contributed by atoms with Gasteiger partial charge in [-0.3, -0.25) is 10.1 Å². The lowest BCUT2D eigenvalue weighted by molar-refractivity contribution is -0.384. The maximum atomic E-state index is 11.1. The lowest BCUT2D eigenvalue weighted by Crippen LogP contribution is -2.54. The molecule has 0 spiro atoms. The Labute approximate surface area is 904 Å². The molecule has 145 heavy (non-hydrogen) atoms. The molecule has 0 heterocycles. The van der Waals surface area contributed by atoms with E-state index in [1.165, 1.54) is 64.6 Å². The van der Waals surface area contributed by atoms with Gasteiger partial charge < -0.3 is 74.0 Å². The molecule has 25 heteroatoms. The summed E-state index contributed by atoms with van der Waals surface area (Å²) in [6, 6.07) is 78.0. The fraction of sp³-hybridized carbons (Fsp3) is 0.442. The summed E-state index contributed by atoms with van der Waals surface area (Å²) in [5.41, 5.74) is 13.5. The van der Waals surface area contributed by atoms with E-state index in [-0.39, 0.29) is 74.3 Å². The monoisotopic (exact) mass is 2120 g/mol. The zero-order valence-electron chi connectivity index (χ0n) is 90.1. The molecule has 5 saturated carbocycles. The van der Waals surface area contributed by atoms with Crippen molar-refractivity contribution < 1.29 is 79.0 Å². The molecule has 0 unspecified atom stereocenters. The number of carbonyl (C=O) groups is 7.